The van der Waals surface area contributed by atoms with Gasteiger partial charge < -0.3 is 11.1 Å². The van der Waals surface area contributed by atoms with Crippen molar-refractivity contribution in [3.63, 3.8) is 0 Å². The van der Waals surface area contributed by atoms with E-state index >= 15 is 0 Å². The normalized spacial score (nSPS) is 9.59. The number of nitrogen functional groups attached to an aromatic ring is 1. The number of nitrogens with one attached hydrogen (secondary N) is 1. The summed E-state index contributed by atoms with van der Waals surface area (Å²) in [7, 11) is 0. The number of aromatic nitrogens is 2. The molecule has 2 rings (SSSR count). The van der Waals surface area contributed by atoms with Crippen LogP contribution < -0.4 is 11.1 Å². The summed E-state index contributed by atoms with van der Waals surface area (Å²) in [5, 5.41) is 11.9. The van der Waals surface area contributed by atoms with Gasteiger partial charge in [-0.2, -0.15) is 10.2 Å². The highest BCUT2D eigenvalue weighted by Crippen LogP contribution is 2.08. The maximum Gasteiger partial charge on any atom is 0.221 e. The first kappa shape index (κ1) is 10.9. The van der Waals surface area contributed by atoms with Gasteiger partial charge >= 0.3 is 0 Å². The average Bonchev–Trinajstić information content (AvgIpc) is 2.37. The van der Waals surface area contributed by atoms with E-state index in [4.69, 9.17) is 11.0 Å². The minimum atomic E-state index is 0.237. The predicted octanol–water partition coefficient (Wildman–Crippen LogP) is 1.54. The molecule has 5 heteroatoms. The molecule has 0 fully saturated rings. The van der Waals surface area contributed by atoms with Crippen molar-refractivity contribution in [2.75, 3.05) is 11.1 Å². The zero-order valence-electron chi connectivity index (χ0n) is 9.09. The van der Waals surface area contributed by atoms with Crippen molar-refractivity contribution in [2.24, 2.45) is 0 Å². The Bertz CT molecular complexity index is 559. The van der Waals surface area contributed by atoms with E-state index in [9.17, 15) is 0 Å². The lowest BCUT2D eigenvalue weighted by Crippen LogP contribution is -2.03. The fraction of sp³-hybridized carbons (Fsp3) is 0.0833. The van der Waals surface area contributed by atoms with Gasteiger partial charge in [-0.05, 0) is 23.8 Å². The molecule has 0 spiro atoms. The topological polar surface area (TPSA) is 87.6 Å². The van der Waals surface area contributed by atoms with Gasteiger partial charge in [-0.1, -0.05) is 12.1 Å². The van der Waals surface area contributed by atoms with Crippen LogP contribution in [0.25, 0.3) is 0 Å². The first-order chi connectivity index (χ1) is 8.28. The molecule has 84 valence electrons. The van der Waals surface area contributed by atoms with E-state index in [0.29, 0.717) is 17.9 Å². The molecule has 3 N–H and O–H groups in total. The van der Waals surface area contributed by atoms with Gasteiger partial charge in [0, 0.05) is 12.7 Å². The number of rotatable bonds is 3. The lowest BCUT2D eigenvalue weighted by atomic mass is 10.1. The third kappa shape index (κ3) is 2.92. The maximum atomic E-state index is 8.78. The molecule has 17 heavy (non-hydrogen) atoms. The fourth-order valence-electron chi connectivity index (χ4n) is 1.42. The molecule has 0 amide bonds. The molecular weight excluding hydrogens is 214 g/mol. The van der Waals surface area contributed by atoms with Gasteiger partial charge in [0.2, 0.25) is 5.95 Å². The molecular formula is C12H11N5. The van der Waals surface area contributed by atoms with Gasteiger partial charge in [0.05, 0.1) is 11.6 Å². The van der Waals surface area contributed by atoms with Gasteiger partial charge in [0.25, 0.3) is 0 Å². The number of hydrogen-bond donors (Lipinski definition) is 2. The summed E-state index contributed by atoms with van der Waals surface area (Å²) in [5.74, 6) is 0.903. The van der Waals surface area contributed by atoms with Crippen molar-refractivity contribution >= 4 is 11.8 Å². The molecule has 0 saturated heterocycles. The van der Waals surface area contributed by atoms with Crippen LogP contribution in [0.4, 0.5) is 11.8 Å². The van der Waals surface area contributed by atoms with Crippen molar-refractivity contribution in [3.8, 4) is 6.07 Å². The molecule has 5 nitrogen and oxygen atoms in total. The number of anilines is 2. The first-order valence-electron chi connectivity index (χ1n) is 5.09. The predicted molar refractivity (Wildman–Crippen MR) is 64.9 cm³/mol. The molecule has 2 aromatic rings. The van der Waals surface area contributed by atoms with Crippen molar-refractivity contribution in [1.29, 1.82) is 5.26 Å². The Labute approximate surface area is 98.9 Å². The number of nitriles is 1. The highest BCUT2D eigenvalue weighted by Gasteiger charge is 1.97. The summed E-state index contributed by atoms with van der Waals surface area (Å²) >= 11 is 0. The van der Waals surface area contributed by atoms with Crippen LogP contribution in [0.5, 0.6) is 0 Å². The lowest BCUT2D eigenvalue weighted by Gasteiger charge is -2.05. The van der Waals surface area contributed by atoms with Crippen molar-refractivity contribution in [1.82, 2.24) is 9.97 Å². The largest absolute Gasteiger partial charge is 0.368 e. The van der Waals surface area contributed by atoms with Crippen molar-refractivity contribution in [2.45, 2.75) is 6.54 Å². The molecule has 0 saturated carbocycles. The number of hydrogen-bond acceptors (Lipinski definition) is 5. The van der Waals surface area contributed by atoms with Crippen LogP contribution in [-0.4, -0.2) is 9.97 Å². The van der Waals surface area contributed by atoms with E-state index < -0.39 is 0 Å². The third-order valence-corrected chi connectivity index (χ3v) is 2.20. The Kier molecular flexibility index (Phi) is 3.17. The zero-order chi connectivity index (χ0) is 12.1. The Hall–Kier alpha value is -2.61. The third-order valence-electron chi connectivity index (χ3n) is 2.20. The smallest absolute Gasteiger partial charge is 0.221 e. The molecule has 0 aliphatic rings. The minimum absolute atomic E-state index is 0.237. The summed E-state index contributed by atoms with van der Waals surface area (Å²) in [6.45, 7) is 0.589. The summed E-state index contributed by atoms with van der Waals surface area (Å²) < 4.78 is 0. The summed E-state index contributed by atoms with van der Waals surface area (Å²) in [4.78, 5) is 7.83. The van der Waals surface area contributed by atoms with Crippen LogP contribution >= 0.6 is 0 Å². The van der Waals surface area contributed by atoms with Gasteiger partial charge in [-0.15, -0.1) is 0 Å². The van der Waals surface area contributed by atoms with Crippen LogP contribution in [0.15, 0.2) is 36.5 Å². The van der Waals surface area contributed by atoms with Gasteiger partial charge in [-0.3, -0.25) is 0 Å². The van der Waals surface area contributed by atoms with E-state index in [0.717, 1.165) is 5.56 Å². The monoisotopic (exact) mass is 225 g/mol. The van der Waals surface area contributed by atoms with Gasteiger partial charge in [-0.25, -0.2) is 4.98 Å². The van der Waals surface area contributed by atoms with Crippen LogP contribution in [0.2, 0.25) is 0 Å². The second-order valence-electron chi connectivity index (χ2n) is 3.47. The van der Waals surface area contributed by atoms with E-state index in [1.165, 1.54) is 0 Å². The van der Waals surface area contributed by atoms with E-state index in [-0.39, 0.29) is 5.95 Å². The molecule has 0 bridgehead atoms. The zero-order valence-corrected chi connectivity index (χ0v) is 9.09. The molecule has 1 aromatic carbocycles. The standard InChI is InChI=1S/C12H11N5/c13-7-9-2-1-3-10(6-9)8-16-11-4-5-15-12(14)17-11/h1-6H,8H2,(H3,14,15,16,17). The first-order valence-corrected chi connectivity index (χ1v) is 5.09. The number of nitrogens with zero attached hydrogens (tertiary/aromatic N) is 3. The SMILES string of the molecule is N#Cc1cccc(CNc2ccnc(N)n2)c1. The van der Waals surface area contributed by atoms with Crippen LogP contribution in [0, 0.1) is 11.3 Å². The van der Waals surface area contributed by atoms with Crippen LogP contribution in [-0.2, 0) is 6.54 Å². The number of nitrogens with two attached hydrogens (primary N) is 1. The molecule has 1 aromatic heterocycles. The molecule has 0 aliphatic heterocycles. The highest BCUT2D eigenvalue weighted by atomic mass is 15.1. The lowest BCUT2D eigenvalue weighted by molar-refractivity contribution is 1.09. The van der Waals surface area contributed by atoms with Crippen molar-refractivity contribution in [3.05, 3.63) is 47.7 Å². The summed E-state index contributed by atoms with van der Waals surface area (Å²) in [5.41, 5.74) is 7.13. The summed E-state index contributed by atoms with van der Waals surface area (Å²) in [6.07, 6.45) is 1.59. The van der Waals surface area contributed by atoms with E-state index in [1.807, 2.05) is 18.2 Å². The van der Waals surface area contributed by atoms with E-state index in [1.54, 1.807) is 18.3 Å². The average molecular weight is 225 g/mol. The Morgan fingerprint density at radius 3 is 3.00 bits per heavy atom. The fourth-order valence-corrected chi connectivity index (χ4v) is 1.42. The van der Waals surface area contributed by atoms with Crippen LogP contribution in [0.1, 0.15) is 11.1 Å². The second kappa shape index (κ2) is 4.94. The minimum Gasteiger partial charge on any atom is -0.368 e. The quantitative estimate of drug-likeness (QED) is 0.827. The van der Waals surface area contributed by atoms with Gasteiger partial charge in [0.1, 0.15) is 5.82 Å². The summed E-state index contributed by atoms with van der Waals surface area (Å²) in [6, 6.07) is 11.2. The number of benzene rings is 1. The van der Waals surface area contributed by atoms with Gasteiger partial charge in [0.15, 0.2) is 0 Å². The Morgan fingerprint density at radius 1 is 1.35 bits per heavy atom. The molecule has 1 heterocycles. The molecule has 0 radical (unpaired) electrons. The van der Waals surface area contributed by atoms with Crippen LogP contribution in [0.3, 0.4) is 0 Å². The molecule has 0 aliphatic carbocycles. The van der Waals surface area contributed by atoms with Crippen molar-refractivity contribution < 1.29 is 0 Å². The highest BCUT2D eigenvalue weighted by molar-refractivity contribution is 5.39. The molecule has 0 unspecified atom stereocenters. The molecule has 0 atom stereocenters. The van der Waals surface area contributed by atoms with E-state index in [2.05, 4.69) is 21.4 Å². The second-order valence-corrected chi connectivity index (χ2v) is 3.47. The Balaban J connectivity index is 2.05. The Morgan fingerprint density at radius 2 is 2.24 bits per heavy atom. The maximum absolute atomic E-state index is 8.78.